The quantitative estimate of drug-likeness (QED) is 0.734. The van der Waals surface area contributed by atoms with Crippen molar-refractivity contribution in [3.8, 4) is 0 Å². The van der Waals surface area contributed by atoms with Crippen molar-refractivity contribution in [2.24, 2.45) is 4.99 Å². The number of amidine groups is 1. The third-order valence-corrected chi connectivity index (χ3v) is 5.85. The van der Waals surface area contributed by atoms with Crippen LogP contribution in [0.1, 0.15) is 11.1 Å². The van der Waals surface area contributed by atoms with Gasteiger partial charge in [-0.2, -0.15) is 0 Å². The molecule has 2 heterocycles. The van der Waals surface area contributed by atoms with E-state index in [1.807, 2.05) is 30.0 Å². The minimum atomic E-state index is -0.666. The van der Waals surface area contributed by atoms with Gasteiger partial charge in [-0.25, -0.2) is 9.79 Å². The van der Waals surface area contributed by atoms with E-state index in [-0.39, 0.29) is 11.8 Å². The van der Waals surface area contributed by atoms with Gasteiger partial charge >= 0.3 is 6.03 Å². The number of halogens is 1. The number of carbonyl (C=O) groups excluding carboxylic acids is 2. The summed E-state index contributed by atoms with van der Waals surface area (Å²) in [5, 5.41) is 12.8. The molecule has 140 valence electrons. The highest BCUT2D eigenvalue weighted by Gasteiger charge is 2.48. The maximum Gasteiger partial charge on any atom is 0.325 e. The third-order valence-electron chi connectivity index (χ3n) is 4.34. The zero-order chi connectivity index (χ0) is 18.8. The predicted octanol–water partition coefficient (Wildman–Crippen LogP) is 1.38. The number of nitrogens with one attached hydrogen (secondary N) is 1. The number of nitrogens with zero attached hydrogens (tertiary/aromatic N) is 3. The number of rotatable bonds is 5. The Labute approximate surface area is 161 Å². The molecule has 3 rings (SSSR count). The summed E-state index contributed by atoms with van der Waals surface area (Å²) in [5.74, 6) is 0.137. The number of amides is 3. The first kappa shape index (κ1) is 19.0. The van der Waals surface area contributed by atoms with Crippen LogP contribution in [0.15, 0.2) is 29.3 Å². The van der Waals surface area contributed by atoms with Crippen molar-refractivity contribution in [3.63, 3.8) is 0 Å². The van der Waals surface area contributed by atoms with Crippen LogP contribution in [-0.4, -0.2) is 69.0 Å². The lowest BCUT2D eigenvalue weighted by molar-refractivity contribution is -0.127. The molecule has 3 amide bonds. The van der Waals surface area contributed by atoms with Crippen molar-refractivity contribution < 1.29 is 14.7 Å². The number of fused-ring (bicyclic) bond motifs is 1. The van der Waals surface area contributed by atoms with Crippen LogP contribution in [0.5, 0.6) is 0 Å². The Kier molecular flexibility index (Phi) is 5.74. The zero-order valence-corrected chi connectivity index (χ0v) is 16.1. The number of thioether (sulfide) groups is 1. The summed E-state index contributed by atoms with van der Waals surface area (Å²) in [6.45, 7) is 2.50. The van der Waals surface area contributed by atoms with Gasteiger partial charge in [-0.3, -0.25) is 10.1 Å². The molecular weight excluding hydrogens is 376 g/mol. The number of alkyl halides is 1. The molecule has 1 saturated heterocycles. The summed E-state index contributed by atoms with van der Waals surface area (Å²) in [6, 6.07) is 6.98. The SMILES string of the molecule is Cc1cccc(CN2C(SCC(O)CCl)=NC3C2C(=O)NC(=O)N3C)c1. The topological polar surface area (TPSA) is 85.2 Å². The highest BCUT2D eigenvalue weighted by atomic mass is 35.5. The standard InChI is InChI=1S/C17H21ClN4O3S/c1-10-4-3-5-11(6-10)8-22-13-14(21(2)16(25)20-15(13)24)19-17(22)26-9-12(23)7-18/h3-6,12-14,23H,7-9H2,1-2H3,(H,20,24,25). The molecule has 26 heavy (non-hydrogen) atoms. The van der Waals surface area contributed by atoms with Crippen LogP contribution < -0.4 is 5.32 Å². The summed E-state index contributed by atoms with van der Waals surface area (Å²) in [5.41, 5.74) is 2.17. The minimum absolute atomic E-state index is 0.129. The fraction of sp³-hybridized carbons (Fsp3) is 0.471. The van der Waals surface area contributed by atoms with Gasteiger partial charge in [0.15, 0.2) is 17.4 Å². The fourth-order valence-electron chi connectivity index (χ4n) is 3.01. The van der Waals surface area contributed by atoms with E-state index in [2.05, 4.69) is 16.4 Å². The second-order valence-corrected chi connectivity index (χ2v) is 7.71. The number of hydrogen-bond donors (Lipinski definition) is 2. The number of urea groups is 1. The van der Waals surface area contributed by atoms with Crippen LogP contribution in [-0.2, 0) is 11.3 Å². The average molecular weight is 397 g/mol. The van der Waals surface area contributed by atoms with Crippen LogP contribution in [0.2, 0.25) is 0 Å². The van der Waals surface area contributed by atoms with Gasteiger partial charge in [0, 0.05) is 25.2 Å². The Bertz CT molecular complexity index is 744. The maximum absolute atomic E-state index is 12.5. The Morgan fingerprint density at radius 1 is 1.42 bits per heavy atom. The highest BCUT2D eigenvalue weighted by Crippen LogP contribution is 2.30. The lowest BCUT2D eigenvalue weighted by Gasteiger charge is -2.36. The average Bonchev–Trinajstić information content (AvgIpc) is 2.96. The number of carbonyl (C=O) groups is 2. The smallest absolute Gasteiger partial charge is 0.325 e. The van der Waals surface area contributed by atoms with Gasteiger partial charge in [0.1, 0.15) is 0 Å². The van der Waals surface area contributed by atoms with E-state index < -0.39 is 24.3 Å². The predicted molar refractivity (Wildman–Crippen MR) is 102 cm³/mol. The summed E-state index contributed by atoms with van der Waals surface area (Å²) in [7, 11) is 1.62. The van der Waals surface area contributed by atoms with E-state index in [9.17, 15) is 14.7 Å². The number of aryl methyl sites for hydroxylation is 1. The number of aliphatic hydroxyl groups is 1. The summed E-state index contributed by atoms with van der Waals surface area (Å²) < 4.78 is 0. The molecule has 0 aromatic heterocycles. The zero-order valence-electron chi connectivity index (χ0n) is 14.6. The van der Waals surface area contributed by atoms with E-state index in [1.54, 1.807) is 7.05 Å². The number of benzene rings is 1. The molecule has 2 aliphatic heterocycles. The van der Waals surface area contributed by atoms with Crippen molar-refractivity contribution in [3.05, 3.63) is 35.4 Å². The molecule has 0 bridgehead atoms. The van der Waals surface area contributed by atoms with Crippen LogP contribution in [0.3, 0.4) is 0 Å². The molecule has 3 atom stereocenters. The first-order valence-electron chi connectivity index (χ1n) is 8.25. The van der Waals surface area contributed by atoms with Crippen molar-refractivity contribution >= 4 is 40.5 Å². The molecule has 2 aliphatic rings. The van der Waals surface area contributed by atoms with Crippen molar-refractivity contribution in [2.45, 2.75) is 31.8 Å². The first-order chi connectivity index (χ1) is 12.4. The van der Waals surface area contributed by atoms with E-state index in [4.69, 9.17) is 11.6 Å². The van der Waals surface area contributed by atoms with Crippen LogP contribution >= 0.6 is 23.4 Å². The van der Waals surface area contributed by atoms with Gasteiger partial charge in [0.05, 0.1) is 6.10 Å². The van der Waals surface area contributed by atoms with E-state index >= 15 is 0 Å². The van der Waals surface area contributed by atoms with E-state index in [0.29, 0.717) is 17.5 Å². The summed E-state index contributed by atoms with van der Waals surface area (Å²) >= 11 is 7.02. The normalized spacial score (nSPS) is 23.6. The largest absolute Gasteiger partial charge is 0.391 e. The van der Waals surface area contributed by atoms with E-state index in [1.165, 1.54) is 16.7 Å². The molecule has 0 saturated carbocycles. The second kappa shape index (κ2) is 7.85. The molecule has 9 heteroatoms. The summed E-state index contributed by atoms with van der Waals surface area (Å²) in [4.78, 5) is 32.3. The van der Waals surface area contributed by atoms with Crippen molar-refractivity contribution in [1.82, 2.24) is 15.1 Å². The Balaban J connectivity index is 1.87. The van der Waals surface area contributed by atoms with Gasteiger partial charge in [0.2, 0.25) is 0 Å². The first-order valence-corrected chi connectivity index (χ1v) is 9.77. The Morgan fingerprint density at radius 2 is 2.19 bits per heavy atom. The molecule has 3 unspecified atom stereocenters. The molecule has 0 radical (unpaired) electrons. The monoisotopic (exact) mass is 396 g/mol. The third kappa shape index (κ3) is 3.82. The number of hydrogen-bond acceptors (Lipinski definition) is 6. The summed E-state index contributed by atoms with van der Waals surface area (Å²) in [6.07, 6.45) is -1.24. The highest BCUT2D eigenvalue weighted by molar-refractivity contribution is 8.13. The van der Waals surface area contributed by atoms with Crippen molar-refractivity contribution in [1.29, 1.82) is 0 Å². The van der Waals surface area contributed by atoms with E-state index in [0.717, 1.165) is 11.1 Å². The Hall–Kier alpha value is -1.77. The lowest BCUT2D eigenvalue weighted by Crippen LogP contribution is -2.63. The second-order valence-electron chi connectivity index (χ2n) is 6.41. The molecule has 0 aliphatic carbocycles. The molecular formula is C17H21ClN4O3S. The fourth-order valence-corrected chi connectivity index (χ4v) is 4.23. The minimum Gasteiger partial charge on any atom is -0.391 e. The van der Waals surface area contributed by atoms with Gasteiger partial charge in [-0.1, -0.05) is 41.6 Å². The number of likely N-dealkylation sites (N-methyl/N-ethyl adjacent to an activating group) is 1. The Morgan fingerprint density at radius 3 is 2.88 bits per heavy atom. The molecule has 1 fully saturated rings. The van der Waals surface area contributed by atoms with Crippen LogP contribution in [0.25, 0.3) is 0 Å². The number of imide groups is 1. The van der Waals surface area contributed by atoms with Gasteiger partial charge < -0.3 is 14.9 Å². The lowest BCUT2D eigenvalue weighted by atomic mass is 10.1. The molecule has 7 nitrogen and oxygen atoms in total. The van der Waals surface area contributed by atoms with Crippen LogP contribution in [0, 0.1) is 6.92 Å². The van der Waals surface area contributed by atoms with Gasteiger partial charge in [-0.15, -0.1) is 11.6 Å². The molecule has 2 N–H and O–H groups in total. The van der Waals surface area contributed by atoms with Gasteiger partial charge in [-0.05, 0) is 12.5 Å². The number of aliphatic hydroxyl groups excluding tert-OH is 1. The number of aliphatic imine (C=N–C) groups is 1. The van der Waals surface area contributed by atoms with Crippen LogP contribution in [0.4, 0.5) is 4.79 Å². The van der Waals surface area contributed by atoms with Gasteiger partial charge in [0.25, 0.3) is 5.91 Å². The molecule has 1 aromatic carbocycles. The maximum atomic E-state index is 12.5. The molecule has 1 aromatic rings. The van der Waals surface area contributed by atoms with Crippen molar-refractivity contribution in [2.75, 3.05) is 18.7 Å². The molecule has 0 spiro atoms.